The van der Waals surface area contributed by atoms with E-state index >= 15 is 0 Å². The van der Waals surface area contributed by atoms with E-state index in [1.54, 1.807) is 22.3 Å². The molecule has 0 amide bonds. The Morgan fingerprint density at radius 2 is 0.818 bits per heavy atom. The first-order valence-corrected chi connectivity index (χ1v) is 25.4. The molecule has 4 aromatic rings. The summed E-state index contributed by atoms with van der Waals surface area (Å²) in [6.45, 7) is 14.0. The number of halogens is 2. The Morgan fingerprint density at radius 3 is 1.15 bits per heavy atom. The van der Waals surface area contributed by atoms with Crippen LogP contribution < -0.4 is 24.8 Å². The summed E-state index contributed by atoms with van der Waals surface area (Å²) in [6, 6.07) is 34.1. The minimum absolute atomic E-state index is 0. The van der Waals surface area contributed by atoms with Crippen LogP contribution in [-0.2, 0) is 27.4 Å². The Labute approximate surface area is 349 Å². The zero-order valence-corrected chi connectivity index (χ0v) is 37.4. The topological polar surface area (TPSA) is 0 Å². The van der Waals surface area contributed by atoms with Gasteiger partial charge in [-0.25, -0.2) is 0 Å². The molecule has 1 aliphatic heterocycles. The van der Waals surface area contributed by atoms with Crippen molar-refractivity contribution >= 4 is 12.2 Å². The molecular formula is C52H62Cl2Ti. The third kappa shape index (κ3) is 7.46. The van der Waals surface area contributed by atoms with Gasteiger partial charge in [-0.3, -0.25) is 0 Å². The quantitative estimate of drug-likeness (QED) is 0.171. The van der Waals surface area contributed by atoms with Crippen LogP contribution >= 0.6 is 0 Å². The van der Waals surface area contributed by atoms with Gasteiger partial charge in [0.1, 0.15) is 0 Å². The second-order valence-corrected chi connectivity index (χ2v) is 27.0. The molecule has 4 aromatic carbocycles. The van der Waals surface area contributed by atoms with Crippen LogP contribution in [0.25, 0.3) is 34.4 Å². The van der Waals surface area contributed by atoms with Crippen LogP contribution in [0.15, 0.2) is 96.1 Å². The molecule has 3 fully saturated rings. The largest absolute Gasteiger partial charge is 1.00 e. The molecular weight excluding hydrogens is 743 g/mol. The first-order chi connectivity index (χ1) is 25.5. The zero-order valence-electron chi connectivity index (χ0n) is 34.3. The van der Waals surface area contributed by atoms with Gasteiger partial charge in [0, 0.05) is 0 Å². The van der Waals surface area contributed by atoms with Crippen LogP contribution in [-0.4, -0.2) is 0 Å². The molecule has 0 nitrogen and oxygen atoms in total. The Morgan fingerprint density at radius 1 is 0.455 bits per heavy atom. The zero-order chi connectivity index (χ0) is 36.5. The van der Waals surface area contributed by atoms with Crippen LogP contribution in [0.1, 0.15) is 148 Å². The predicted molar refractivity (Wildman–Crippen MR) is 225 cm³/mol. The molecule has 3 heteroatoms. The van der Waals surface area contributed by atoms with Crippen LogP contribution in [0, 0.1) is 11.8 Å². The van der Waals surface area contributed by atoms with E-state index in [-0.39, 0.29) is 35.6 Å². The second-order valence-electron chi connectivity index (χ2n) is 19.8. The fourth-order valence-corrected chi connectivity index (χ4v) is 21.8. The number of fused-ring (bicyclic) bond motifs is 2. The van der Waals surface area contributed by atoms with Gasteiger partial charge in [0.25, 0.3) is 0 Å². The van der Waals surface area contributed by atoms with Gasteiger partial charge in [0.15, 0.2) is 0 Å². The van der Waals surface area contributed by atoms with E-state index < -0.39 is 16.6 Å². The van der Waals surface area contributed by atoms with Gasteiger partial charge in [-0.1, -0.05) is 0 Å². The number of hydrogen-bond donors (Lipinski definition) is 0. The SMILES string of the molecule is CC(C)(C)c1ccc(-c2cccc3c2C=C(C2CCCCC2)[CH]3[Ti+2]2([CH]3C(C4CCCCC4)=Cc4c(-c5ccc(C(C)(C)C)cc5)cccc43)[CH2][CH2]2)cc1.[Cl-].[Cl-]. The van der Waals surface area contributed by atoms with Gasteiger partial charge in [-0.15, -0.1) is 0 Å². The number of benzene rings is 4. The van der Waals surface area contributed by atoms with Crippen LogP contribution in [0.3, 0.4) is 0 Å². The van der Waals surface area contributed by atoms with E-state index in [2.05, 4.69) is 139 Å². The second kappa shape index (κ2) is 15.8. The maximum Gasteiger partial charge on any atom is -1.00 e. The summed E-state index contributed by atoms with van der Waals surface area (Å²) in [5.41, 5.74) is 19.2. The Hall–Kier alpha value is -2.35. The third-order valence-electron chi connectivity index (χ3n) is 14.4. The molecule has 9 rings (SSSR count). The van der Waals surface area contributed by atoms with Crippen molar-refractivity contribution in [3.63, 3.8) is 0 Å². The van der Waals surface area contributed by atoms with E-state index in [4.69, 9.17) is 0 Å². The Bertz CT molecular complexity index is 1910. The first kappa shape index (κ1) is 40.8. The molecule has 2 atom stereocenters. The molecule has 0 aromatic heterocycles. The number of allylic oxidation sites excluding steroid dienone is 2. The molecule has 2 saturated carbocycles. The molecule has 4 aliphatic carbocycles. The van der Waals surface area contributed by atoms with Gasteiger partial charge >= 0.3 is 327 Å². The molecule has 2 unspecified atom stereocenters. The molecule has 1 heterocycles. The van der Waals surface area contributed by atoms with Crippen molar-refractivity contribution in [3.8, 4) is 22.3 Å². The molecule has 0 N–H and O–H groups in total. The average molecular weight is 806 g/mol. The standard InChI is InChI=1S/2C25H29.C2H4.2ClH.Ti/c2*1-25(2,3)22-14-12-19(13-15-22)23-11-7-10-20-16-21(17-24(20)23)18-8-5-4-6-9-18;1-2;;;/h2*7,10-18H,4-6,8-9H2,1-3H3;1-2H2;2*1H;/q;;;;;+2/p-2. The Balaban J connectivity index is 0.00000233. The smallest absolute Gasteiger partial charge is 1.00 e. The normalized spacial score (nSPS) is 21.6. The Kier molecular flexibility index (Phi) is 11.7. The summed E-state index contributed by atoms with van der Waals surface area (Å²) in [7, 11) is 0. The molecule has 0 radical (unpaired) electrons. The van der Waals surface area contributed by atoms with Crippen molar-refractivity contribution in [1.82, 2.24) is 0 Å². The fraction of sp³-hybridized carbons (Fsp3) is 0.462. The summed E-state index contributed by atoms with van der Waals surface area (Å²) >= 11 is -2.57. The summed E-state index contributed by atoms with van der Waals surface area (Å²) in [4.78, 5) is 0. The number of rotatable bonds is 6. The monoisotopic (exact) mass is 804 g/mol. The van der Waals surface area contributed by atoms with Crippen LogP contribution in [0.5, 0.6) is 0 Å². The molecule has 0 bridgehead atoms. The predicted octanol–water partition coefficient (Wildman–Crippen LogP) is 9.36. The molecule has 5 aliphatic rings. The van der Waals surface area contributed by atoms with Crippen molar-refractivity contribution < 1.29 is 41.4 Å². The summed E-state index contributed by atoms with van der Waals surface area (Å²) in [5.74, 6) is 1.52. The maximum absolute atomic E-state index is 2.79. The van der Waals surface area contributed by atoms with Crippen molar-refractivity contribution in [2.24, 2.45) is 11.8 Å². The average Bonchev–Trinajstić information content (AvgIpc) is 3.69. The van der Waals surface area contributed by atoms with Crippen molar-refractivity contribution in [2.45, 2.75) is 134 Å². The van der Waals surface area contributed by atoms with E-state index in [9.17, 15) is 0 Å². The molecule has 0 spiro atoms. The molecule has 55 heavy (non-hydrogen) atoms. The summed E-state index contributed by atoms with van der Waals surface area (Å²) < 4.78 is 4.44. The minimum atomic E-state index is -2.57. The van der Waals surface area contributed by atoms with Gasteiger partial charge in [0.05, 0.1) is 0 Å². The maximum atomic E-state index is 2.79. The molecule has 1 saturated heterocycles. The summed E-state index contributed by atoms with van der Waals surface area (Å²) in [5, 5.41) is 0. The van der Waals surface area contributed by atoms with Crippen LogP contribution in [0.4, 0.5) is 0 Å². The minimum Gasteiger partial charge on any atom is -1.00 e. The van der Waals surface area contributed by atoms with Crippen molar-refractivity contribution in [2.75, 3.05) is 0 Å². The third-order valence-corrected chi connectivity index (χ3v) is 22.6. The van der Waals surface area contributed by atoms with E-state index in [0.717, 1.165) is 11.8 Å². The summed E-state index contributed by atoms with van der Waals surface area (Å²) in [6.07, 6.45) is 19.6. The van der Waals surface area contributed by atoms with Crippen molar-refractivity contribution in [1.29, 1.82) is 0 Å². The van der Waals surface area contributed by atoms with Gasteiger partial charge in [-0.2, -0.15) is 0 Å². The number of hydrogen-bond acceptors (Lipinski definition) is 0. The van der Waals surface area contributed by atoms with Gasteiger partial charge in [0.2, 0.25) is 0 Å². The van der Waals surface area contributed by atoms with Crippen LogP contribution in [0.2, 0.25) is 9.45 Å². The van der Waals surface area contributed by atoms with Gasteiger partial charge < -0.3 is 24.8 Å². The fourth-order valence-electron chi connectivity index (χ4n) is 11.4. The first-order valence-electron chi connectivity index (χ1n) is 21.4. The van der Waals surface area contributed by atoms with Gasteiger partial charge in [-0.05, 0) is 0 Å². The van der Waals surface area contributed by atoms with E-state index in [0.29, 0.717) is 8.45 Å². The molecule has 288 valence electrons. The van der Waals surface area contributed by atoms with Crippen molar-refractivity contribution in [3.05, 3.63) is 129 Å². The van der Waals surface area contributed by atoms with E-state index in [1.165, 1.54) is 107 Å². The van der Waals surface area contributed by atoms with E-state index in [1.807, 2.05) is 11.1 Å².